The molecule has 0 saturated heterocycles. The number of furan rings is 1. The molecule has 4 nitrogen and oxygen atoms in total. The van der Waals surface area contributed by atoms with Crippen LogP contribution in [-0.2, 0) is 11.3 Å². The van der Waals surface area contributed by atoms with Crippen LogP contribution in [0.2, 0.25) is 0 Å². The maximum Gasteiger partial charge on any atom is 0.373 e. The third-order valence-electron chi connectivity index (χ3n) is 3.44. The molecule has 1 rings (SSSR count). The van der Waals surface area contributed by atoms with E-state index in [4.69, 9.17) is 4.42 Å². The Bertz CT molecular complexity index is 388. The van der Waals surface area contributed by atoms with Crippen molar-refractivity contribution >= 4 is 5.97 Å². The van der Waals surface area contributed by atoms with Crippen LogP contribution in [0.3, 0.4) is 0 Å². The van der Waals surface area contributed by atoms with Crippen molar-refractivity contribution in [2.75, 3.05) is 13.7 Å². The van der Waals surface area contributed by atoms with Crippen LogP contribution in [0.25, 0.3) is 0 Å². The molecular formula is C15H25NO3. The Balaban J connectivity index is 2.44. The number of carbonyl (C=O) groups excluding carboxylic acids is 1. The Morgan fingerprint density at radius 2 is 1.89 bits per heavy atom. The molecule has 0 radical (unpaired) electrons. The van der Waals surface area contributed by atoms with Crippen molar-refractivity contribution in [2.24, 2.45) is 17.8 Å². The normalized spacial score (nSPS) is 11.6. The van der Waals surface area contributed by atoms with Crippen LogP contribution in [-0.4, -0.2) is 19.6 Å². The number of ether oxygens (including phenoxy) is 1. The number of carbonyl (C=O) groups is 1. The number of esters is 1. The lowest BCUT2D eigenvalue weighted by Crippen LogP contribution is -2.29. The molecule has 0 aromatic carbocycles. The van der Waals surface area contributed by atoms with E-state index in [1.165, 1.54) is 7.11 Å². The molecule has 4 heteroatoms. The van der Waals surface area contributed by atoms with Gasteiger partial charge in [0.1, 0.15) is 5.76 Å². The summed E-state index contributed by atoms with van der Waals surface area (Å²) in [7, 11) is 1.35. The Hall–Kier alpha value is -1.29. The number of rotatable bonds is 7. The van der Waals surface area contributed by atoms with Gasteiger partial charge in [0, 0.05) is 0 Å². The maximum atomic E-state index is 11.3. The molecule has 19 heavy (non-hydrogen) atoms. The van der Waals surface area contributed by atoms with E-state index >= 15 is 0 Å². The minimum Gasteiger partial charge on any atom is -0.463 e. The van der Waals surface area contributed by atoms with E-state index in [1.54, 1.807) is 12.1 Å². The first kappa shape index (κ1) is 15.8. The van der Waals surface area contributed by atoms with Gasteiger partial charge in [-0.2, -0.15) is 0 Å². The molecule has 0 saturated carbocycles. The highest BCUT2D eigenvalue weighted by molar-refractivity contribution is 5.86. The maximum absolute atomic E-state index is 11.3. The van der Waals surface area contributed by atoms with Gasteiger partial charge in [0.05, 0.1) is 13.7 Å². The first-order valence-electron chi connectivity index (χ1n) is 6.83. The van der Waals surface area contributed by atoms with Gasteiger partial charge in [-0.15, -0.1) is 0 Å². The lowest BCUT2D eigenvalue weighted by Gasteiger charge is -2.24. The molecule has 108 valence electrons. The highest BCUT2D eigenvalue weighted by Crippen LogP contribution is 2.19. The van der Waals surface area contributed by atoms with Crippen molar-refractivity contribution in [3.8, 4) is 0 Å². The Labute approximate surface area is 115 Å². The quantitative estimate of drug-likeness (QED) is 0.771. The fraction of sp³-hybridized carbons (Fsp3) is 0.667. The molecule has 0 bridgehead atoms. The van der Waals surface area contributed by atoms with Crippen molar-refractivity contribution < 1.29 is 13.9 Å². The van der Waals surface area contributed by atoms with E-state index in [0.29, 0.717) is 24.3 Å². The summed E-state index contributed by atoms with van der Waals surface area (Å²) < 4.78 is 10.0. The average molecular weight is 267 g/mol. The van der Waals surface area contributed by atoms with Gasteiger partial charge in [0.2, 0.25) is 5.76 Å². The molecule has 0 aliphatic rings. The van der Waals surface area contributed by atoms with E-state index in [2.05, 4.69) is 37.7 Å². The summed E-state index contributed by atoms with van der Waals surface area (Å²) in [5.41, 5.74) is 0. The zero-order chi connectivity index (χ0) is 14.4. The van der Waals surface area contributed by atoms with Gasteiger partial charge in [0.15, 0.2) is 0 Å². The van der Waals surface area contributed by atoms with Crippen molar-refractivity contribution in [3.05, 3.63) is 23.7 Å². The summed E-state index contributed by atoms with van der Waals surface area (Å²) in [4.78, 5) is 11.3. The molecule has 0 spiro atoms. The Morgan fingerprint density at radius 3 is 2.42 bits per heavy atom. The third-order valence-corrected chi connectivity index (χ3v) is 3.44. The molecule has 1 N–H and O–H groups in total. The summed E-state index contributed by atoms with van der Waals surface area (Å²) in [6.45, 7) is 10.6. The van der Waals surface area contributed by atoms with E-state index in [9.17, 15) is 4.79 Å². The monoisotopic (exact) mass is 267 g/mol. The fourth-order valence-electron chi connectivity index (χ4n) is 2.29. The first-order valence-corrected chi connectivity index (χ1v) is 6.83. The minimum atomic E-state index is -0.437. The summed E-state index contributed by atoms with van der Waals surface area (Å²) in [6.07, 6.45) is 0. The number of nitrogens with one attached hydrogen (secondary N) is 1. The molecule has 0 fully saturated rings. The summed E-state index contributed by atoms with van der Waals surface area (Å²) in [5.74, 6) is 2.50. The van der Waals surface area contributed by atoms with Crippen LogP contribution < -0.4 is 5.32 Å². The summed E-state index contributed by atoms with van der Waals surface area (Å²) in [5, 5.41) is 3.39. The highest BCUT2D eigenvalue weighted by Gasteiger charge is 2.17. The largest absolute Gasteiger partial charge is 0.463 e. The second kappa shape index (κ2) is 7.34. The van der Waals surface area contributed by atoms with Gasteiger partial charge < -0.3 is 14.5 Å². The zero-order valence-corrected chi connectivity index (χ0v) is 12.5. The van der Waals surface area contributed by atoms with Crippen molar-refractivity contribution in [3.63, 3.8) is 0 Å². The third kappa shape index (κ3) is 4.71. The Kier molecular flexibility index (Phi) is 6.09. The molecular weight excluding hydrogens is 242 g/mol. The van der Waals surface area contributed by atoms with E-state index in [1.807, 2.05) is 0 Å². The van der Waals surface area contributed by atoms with Crippen LogP contribution in [0, 0.1) is 17.8 Å². The van der Waals surface area contributed by atoms with Crippen LogP contribution in [0.4, 0.5) is 0 Å². The van der Waals surface area contributed by atoms with Gasteiger partial charge in [-0.05, 0) is 36.4 Å². The molecule has 0 unspecified atom stereocenters. The smallest absolute Gasteiger partial charge is 0.373 e. The standard InChI is InChI=1S/C15H25NO3/c1-10(2)13(11(3)4)9-16-8-12-6-7-14(19-12)15(17)18-5/h6-7,10-11,13,16H,8-9H2,1-5H3. The van der Waals surface area contributed by atoms with Crippen LogP contribution in [0.15, 0.2) is 16.5 Å². The zero-order valence-electron chi connectivity index (χ0n) is 12.5. The molecule has 1 aromatic rings. The second-order valence-corrected chi connectivity index (χ2v) is 5.54. The van der Waals surface area contributed by atoms with Crippen LogP contribution >= 0.6 is 0 Å². The minimum absolute atomic E-state index is 0.253. The van der Waals surface area contributed by atoms with E-state index < -0.39 is 5.97 Å². The highest BCUT2D eigenvalue weighted by atomic mass is 16.5. The molecule has 0 atom stereocenters. The molecule has 0 aliphatic carbocycles. The van der Waals surface area contributed by atoms with Gasteiger partial charge in [-0.1, -0.05) is 27.7 Å². The van der Waals surface area contributed by atoms with Crippen LogP contribution in [0.5, 0.6) is 0 Å². The fourth-order valence-corrected chi connectivity index (χ4v) is 2.29. The van der Waals surface area contributed by atoms with E-state index in [0.717, 1.165) is 12.3 Å². The van der Waals surface area contributed by atoms with E-state index in [-0.39, 0.29) is 5.76 Å². The predicted octanol–water partition coefficient (Wildman–Crippen LogP) is 3.08. The lowest BCUT2D eigenvalue weighted by atomic mass is 9.85. The van der Waals surface area contributed by atoms with Gasteiger partial charge in [0.25, 0.3) is 0 Å². The van der Waals surface area contributed by atoms with Crippen molar-refractivity contribution in [1.82, 2.24) is 5.32 Å². The Morgan fingerprint density at radius 1 is 1.26 bits per heavy atom. The average Bonchev–Trinajstić information content (AvgIpc) is 2.81. The second-order valence-electron chi connectivity index (χ2n) is 5.54. The topological polar surface area (TPSA) is 51.5 Å². The molecule has 0 amide bonds. The van der Waals surface area contributed by atoms with Gasteiger partial charge in [-0.3, -0.25) is 0 Å². The first-order chi connectivity index (χ1) is 8.95. The van der Waals surface area contributed by atoms with Gasteiger partial charge >= 0.3 is 5.97 Å². The van der Waals surface area contributed by atoms with Crippen LogP contribution in [0.1, 0.15) is 44.0 Å². The molecule has 1 aromatic heterocycles. The van der Waals surface area contributed by atoms with Gasteiger partial charge in [-0.25, -0.2) is 4.79 Å². The van der Waals surface area contributed by atoms with Crippen molar-refractivity contribution in [2.45, 2.75) is 34.2 Å². The lowest BCUT2D eigenvalue weighted by molar-refractivity contribution is 0.0563. The number of methoxy groups -OCH3 is 1. The summed E-state index contributed by atoms with van der Waals surface area (Å²) in [6, 6.07) is 3.45. The number of hydrogen-bond acceptors (Lipinski definition) is 4. The molecule has 0 aliphatic heterocycles. The molecule has 1 heterocycles. The SMILES string of the molecule is COC(=O)c1ccc(CNCC(C(C)C)C(C)C)o1. The number of hydrogen-bond donors (Lipinski definition) is 1. The van der Waals surface area contributed by atoms with Crippen molar-refractivity contribution in [1.29, 1.82) is 0 Å². The summed E-state index contributed by atoms with van der Waals surface area (Å²) >= 11 is 0. The predicted molar refractivity (Wildman–Crippen MR) is 74.9 cm³/mol.